The minimum atomic E-state index is -0.243. The number of aryl methyl sites for hydroxylation is 1. The molecule has 0 saturated heterocycles. The molecule has 0 fully saturated rings. The van der Waals surface area contributed by atoms with Gasteiger partial charge in [0.25, 0.3) is 0 Å². The molecule has 25 heavy (non-hydrogen) atoms. The van der Waals surface area contributed by atoms with Gasteiger partial charge in [0.05, 0.1) is 31.5 Å². The van der Waals surface area contributed by atoms with E-state index in [1.54, 1.807) is 20.3 Å². The molecule has 1 aliphatic heterocycles. The summed E-state index contributed by atoms with van der Waals surface area (Å²) in [7, 11) is 3.20. The summed E-state index contributed by atoms with van der Waals surface area (Å²) < 4.78 is 16.1. The zero-order valence-corrected chi connectivity index (χ0v) is 14.7. The van der Waals surface area contributed by atoms with Gasteiger partial charge in [-0.15, -0.1) is 0 Å². The lowest BCUT2D eigenvalue weighted by molar-refractivity contribution is -0.121. The van der Waals surface area contributed by atoms with E-state index in [1.807, 2.05) is 31.2 Å². The fourth-order valence-corrected chi connectivity index (χ4v) is 2.86. The van der Waals surface area contributed by atoms with E-state index in [1.165, 1.54) is 0 Å². The number of anilines is 1. The Hall–Kier alpha value is -2.76. The number of benzene rings is 1. The summed E-state index contributed by atoms with van der Waals surface area (Å²) in [6.45, 7) is 2.34. The fraction of sp³-hybridized carbons (Fsp3) is 0.368. The highest BCUT2D eigenvalue weighted by molar-refractivity contribution is 5.93. The number of aromatic nitrogens is 1. The summed E-state index contributed by atoms with van der Waals surface area (Å²) in [5, 5.41) is 2.97. The normalized spacial score (nSPS) is 15.7. The Balaban J connectivity index is 1.72. The first kappa shape index (κ1) is 17.1. The SMILES string of the molecule is CCc1nc(OC)ccc1NC(=O)C1COc2cc(OC)ccc2C1. The van der Waals surface area contributed by atoms with Crippen molar-refractivity contribution in [3.63, 3.8) is 0 Å². The molecule has 0 radical (unpaired) electrons. The zero-order valence-electron chi connectivity index (χ0n) is 14.7. The highest BCUT2D eigenvalue weighted by atomic mass is 16.5. The Morgan fingerprint density at radius 3 is 2.84 bits per heavy atom. The summed E-state index contributed by atoms with van der Waals surface area (Å²) in [5.74, 6) is 1.76. The summed E-state index contributed by atoms with van der Waals surface area (Å²) in [4.78, 5) is 17.0. The maximum atomic E-state index is 12.6. The average molecular weight is 342 g/mol. The first-order valence-corrected chi connectivity index (χ1v) is 8.29. The number of amides is 1. The third kappa shape index (κ3) is 3.68. The van der Waals surface area contributed by atoms with Crippen LogP contribution in [-0.2, 0) is 17.6 Å². The first-order valence-electron chi connectivity index (χ1n) is 8.29. The lowest BCUT2D eigenvalue weighted by Gasteiger charge is -2.25. The average Bonchev–Trinajstić information content (AvgIpc) is 2.67. The monoisotopic (exact) mass is 342 g/mol. The fourth-order valence-electron chi connectivity index (χ4n) is 2.86. The van der Waals surface area contributed by atoms with Gasteiger partial charge in [-0.3, -0.25) is 4.79 Å². The van der Waals surface area contributed by atoms with E-state index in [-0.39, 0.29) is 11.8 Å². The van der Waals surface area contributed by atoms with Gasteiger partial charge in [-0.25, -0.2) is 4.98 Å². The number of methoxy groups -OCH3 is 2. The van der Waals surface area contributed by atoms with Crippen LogP contribution in [0.4, 0.5) is 5.69 Å². The van der Waals surface area contributed by atoms with Crippen molar-refractivity contribution >= 4 is 11.6 Å². The van der Waals surface area contributed by atoms with Crippen molar-refractivity contribution in [2.75, 3.05) is 26.1 Å². The van der Waals surface area contributed by atoms with Crippen LogP contribution in [0.3, 0.4) is 0 Å². The van der Waals surface area contributed by atoms with Crippen molar-refractivity contribution in [1.82, 2.24) is 4.98 Å². The predicted octanol–water partition coefficient (Wildman–Crippen LogP) is 2.85. The minimum Gasteiger partial charge on any atom is -0.497 e. The van der Waals surface area contributed by atoms with Crippen LogP contribution in [0.1, 0.15) is 18.2 Å². The van der Waals surface area contributed by atoms with Gasteiger partial charge in [-0.05, 0) is 30.5 Å². The number of ether oxygens (including phenoxy) is 3. The molecule has 2 aromatic rings. The van der Waals surface area contributed by atoms with Crippen LogP contribution in [0, 0.1) is 5.92 Å². The Morgan fingerprint density at radius 1 is 1.28 bits per heavy atom. The smallest absolute Gasteiger partial charge is 0.231 e. The number of nitrogens with one attached hydrogen (secondary N) is 1. The molecule has 6 nitrogen and oxygen atoms in total. The molecule has 0 aliphatic carbocycles. The van der Waals surface area contributed by atoms with E-state index in [2.05, 4.69) is 10.3 Å². The Labute approximate surface area is 147 Å². The van der Waals surface area contributed by atoms with Crippen molar-refractivity contribution in [2.45, 2.75) is 19.8 Å². The van der Waals surface area contributed by atoms with E-state index in [9.17, 15) is 4.79 Å². The molecule has 0 bridgehead atoms. The van der Waals surface area contributed by atoms with Crippen LogP contribution in [-0.4, -0.2) is 31.7 Å². The van der Waals surface area contributed by atoms with Gasteiger partial charge in [0, 0.05) is 12.1 Å². The predicted molar refractivity (Wildman–Crippen MR) is 94.5 cm³/mol. The summed E-state index contributed by atoms with van der Waals surface area (Å²) in [6, 6.07) is 9.25. The molecule has 1 aliphatic rings. The molecule has 0 spiro atoms. The second-order valence-electron chi connectivity index (χ2n) is 5.88. The third-order valence-electron chi connectivity index (χ3n) is 4.30. The summed E-state index contributed by atoms with van der Waals surface area (Å²) in [6.07, 6.45) is 1.34. The molecule has 1 unspecified atom stereocenters. The van der Waals surface area contributed by atoms with Crippen LogP contribution in [0.15, 0.2) is 30.3 Å². The van der Waals surface area contributed by atoms with Crippen molar-refractivity contribution < 1.29 is 19.0 Å². The van der Waals surface area contributed by atoms with Gasteiger partial charge in [0.2, 0.25) is 11.8 Å². The van der Waals surface area contributed by atoms with Gasteiger partial charge in [-0.2, -0.15) is 0 Å². The molecule has 6 heteroatoms. The Bertz CT molecular complexity index is 776. The molecule has 1 aromatic heterocycles. The van der Waals surface area contributed by atoms with E-state index in [4.69, 9.17) is 14.2 Å². The van der Waals surface area contributed by atoms with E-state index in [0.717, 1.165) is 22.8 Å². The highest BCUT2D eigenvalue weighted by Crippen LogP contribution is 2.31. The number of carbonyl (C=O) groups is 1. The number of hydrogen-bond donors (Lipinski definition) is 1. The zero-order chi connectivity index (χ0) is 17.8. The number of fused-ring (bicyclic) bond motifs is 1. The van der Waals surface area contributed by atoms with Crippen LogP contribution < -0.4 is 19.5 Å². The maximum absolute atomic E-state index is 12.6. The molecule has 3 rings (SSSR count). The van der Waals surface area contributed by atoms with Gasteiger partial charge in [0.1, 0.15) is 18.1 Å². The van der Waals surface area contributed by atoms with E-state index < -0.39 is 0 Å². The van der Waals surface area contributed by atoms with Crippen LogP contribution in [0.2, 0.25) is 0 Å². The largest absolute Gasteiger partial charge is 0.497 e. The lowest BCUT2D eigenvalue weighted by Crippen LogP contribution is -2.33. The molecular weight excluding hydrogens is 320 g/mol. The highest BCUT2D eigenvalue weighted by Gasteiger charge is 2.27. The number of pyridine rings is 1. The minimum absolute atomic E-state index is 0.0665. The van der Waals surface area contributed by atoms with Gasteiger partial charge in [-0.1, -0.05) is 13.0 Å². The van der Waals surface area contributed by atoms with Crippen LogP contribution >= 0.6 is 0 Å². The summed E-state index contributed by atoms with van der Waals surface area (Å²) in [5.41, 5.74) is 2.53. The van der Waals surface area contributed by atoms with Crippen molar-refractivity contribution in [3.05, 3.63) is 41.6 Å². The van der Waals surface area contributed by atoms with Crippen molar-refractivity contribution in [3.8, 4) is 17.4 Å². The van der Waals surface area contributed by atoms with Gasteiger partial charge >= 0.3 is 0 Å². The van der Waals surface area contributed by atoms with Crippen LogP contribution in [0.25, 0.3) is 0 Å². The van der Waals surface area contributed by atoms with E-state index in [0.29, 0.717) is 31.0 Å². The standard InChI is InChI=1S/C19H22N2O4/c1-4-15-16(7-8-18(20-15)24-3)21-19(22)13-9-12-5-6-14(23-2)10-17(12)25-11-13/h5-8,10,13H,4,9,11H2,1-3H3,(H,21,22). The molecule has 1 aromatic carbocycles. The summed E-state index contributed by atoms with van der Waals surface area (Å²) >= 11 is 0. The Kier molecular flexibility index (Phi) is 5.07. The first-order chi connectivity index (χ1) is 12.1. The van der Waals surface area contributed by atoms with E-state index >= 15 is 0 Å². The second-order valence-corrected chi connectivity index (χ2v) is 5.88. The van der Waals surface area contributed by atoms with Crippen molar-refractivity contribution in [1.29, 1.82) is 0 Å². The van der Waals surface area contributed by atoms with Gasteiger partial charge in [0.15, 0.2) is 0 Å². The third-order valence-corrected chi connectivity index (χ3v) is 4.30. The lowest BCUT2D eigenvalue weighted by atomic mass is 9.95. The topological polar surface area (TPSA) is 69.7 Å². The molecule has 0 saturated carbocycles. The number of hydrogen-bond acceptors (Lipinski definition) is 5. The number of rotatable bonds is 5. The number of carbonyl (C=O) groups excluding carboxylic acids is 1. The van der Waals surface area contributed by atoms with Gasteiger partial charge < -0.3 is 19.5 Å². The quantitative estimate of drug-likeness (QED) is 0.905. The van der Waals surface area contributed by atoms with Crippen molar-refractivity contribution in [2.24, 2.45) is 5.92 Å². The molecular formula is C19H22N2O4. The molecule has 1 N–H and O–H groups in total. The maximum Gasteiger partial charge on any atom is 0.231 e. The second kappa shape index (κ2) is 7.42. The molecule has 2 heterocycles. The molecule has 1 amide bonds. The molecule has 1 atom stereocenters. The van der Waals surface area contributed by atoms with Crippen LogP contribution in [0.5, 0.6) is 17.4 Å². The Morgan fingerprint density at radius 2 is 2.12 bits per heavy atom. The number of nitrogens with zero attached hydrogens (tertiary/aromatic N) is 1. The molecule has 132 valence electrons.